The van der Waals surface area contributed by atoms with Crippen molar-refractivity contribution in [3.8, 4) is 6.07 Å². The van der Waals surface area contributed by atoms with E-state index in [1.54, 1.807) is 0 Å². The summed E-state index contributed by atoms with van der Waals surface area (Å²) < 4.78 is 0. The van der Waals surface area contributed by atoms with Crippen molar-refractivity contribution < 1.29 is 0 Å². The number of aromatic nitrogens is 1. The summed E-state index contributed by atoms with van der Waals surface area (Å²) in [6.45, 7) is 7.77. The van der Waals surface area contributed by atoms with Crippen molar-refractivity contribution in [3.63, 3.8) is 0 Å². The smallest absolute Gasteiger partial charge is 0.152 e. The summed E-state index contributed by atoms with van der Waals surface area (Å²) in [5.74, 6) is 1.31. The van der Waals surface area contributed by atoms with Crippen molar-refractivity contribution in [2.24, 2.45) is 5.92 Å². The van der Waals surface area contributed by atoms with Crippen LogP contribution in [0, 0.1) is 24.2 Å². The van der Waals surface area contributed by atoms with Gasteiger partial charge in [0, 0.05) is 18.8 Å². The van der Waals surface area contributed by atoms with Crippen LogP contribution >= 0.6 is 0 Å². The molecule has 0 aliphatic rings. The van der Waals surface area contributed by atoms with E-state index >= 15 is 0 Å². The Balaban J connectivity index is 2.94. The van der Waals surface area contributed by atoms with Crippen LogP contribution in [0.1, 0.15) is 26.0 Å². The van der Waals surface area contributed by atoms with Crippen LogP contribution in [0.15, 0.2) is 12.1 Å². The predicted molar refractivity (Wildman–Crippen MR) is 70.7 cm³/mol. The Morgan fingerprint density at radius 3 is 2.76 bits per heavy atom. The first-order valence-electron chi connectivity index (χ1n) is 5.89. The molecule has 0 aliphatic heterocycles. The monoisotopic (exact) mass is 232 g/mol. The molecule has 0 atom stereocenters. The first-order chi connectivity index (χ1) is 8.04. The van der Waals surface area contributed by atoms with E-state index in [0.29, 0.717) is 24.6 Å². The Morgan fingerprint density at radius 1 is 1.47 bits per heavy atom. The Hall–Kier alpha value is -1.76. The number of hydrogen-bond acceptors (Lipinski definition) is 4. The number of rotatable bonds is 5. The molecule has 0 spiro atoms. The Morgan fingerprint density at radius 2 is 2.18 bits per heavy atom. The van der Waals surface area contributed by atoms with Crippen LogP contribution in [0.25, 0.3) is 0 Å². The van der Waals surface area contributed by atoms with Crippen molar-refractivity contribution in [1.29, 1.82) is 5.26 Å². The lowest BCUT2D eigenvalue weighted by atomic mass is 10.2. The van der Waals surface area contributed by atoms with E-state index in [2.05, 4.69) is 29.8 Å². The fraction of sp³-hybridized carbons (Fsp3) is 0.538. The van der Waals surface area contributed by atoms with Gasteiger partial charge in [-0.3, -0.25) is 0 Å². The van der Waals surface area contributed by atoms with Crippen molar-refractivity contribution in [1.82, 2.24) is 4.98 Å². The highest BCUT2D eigenvalue weighted by atomic mass is 15.2. The number of hydrogen-bond donors (Lipinski definition) is 1. The number of nitrogens with zero attached hydrogens (tertiary/aromatic N) is 3. The van der Waals surface area contributed by atoms with E-state index in [1.165, 1.54) is 0 Å². The molecule has 92 valence electrons. The van der Waals surface area contributed by atoms with Crippen molar-refractivity contribution in [2.45, 2.75) is 27.2 Å². The van der Waals surface area contributed by atoms with Gasteiger partial charge in [-0.1, -0.05) is 13.8 Å². The van der Waals surface area contributed by atoms with Gasteiger partial charge in [-0.15, -0.1) is 0 Å². The zero-order chi connectivity index (χ0) is 12.8. The summed E-state index contributed by atoms with van der Waals surface area (Å²) in [5.41, 5.74) is 7.57. The van der Waals surface area contributed by atoms with Gasteiger partial charge < -0.3 is 10.6 Å². The second-order valence-corrected chi connectivity index (χ2v) is 4.61. The van der Waals surface area contributed by atoms with E-state index in [9.17, 15) is 0 Å². The molecular formula is C13H20N4. The van der Waals surface area contributed by atoms with Crippen LogP contribution in [0.2, 0.25) is 0 Å². The molecule has 1 aromatic heterocycles. The lowest BCUT2D eigenvalue weighted by Gasteiger charge is -2.26. The molecule has 17 heavy (non-hydrogen) atoms. The first-order valence-corrected chi connectivity index (χ1v) is 5.89. The number of anilines is 2. The van der Waals surface area contributed by atoms with Gasteiger partial charge in [0.15, 0.2) is 5.82 Å². The number of nitriles is 1. The molecule has 1 aromatic rings. The van der Waals surface area contributed by atoms with Crippen LogP contribution in [0.5, 0.6) is 0 Å². The topological polar surface area (TPSA) is 65.9 Å². The average molecular weight is 232 g/mol. The predicted octanol–water partition coefficient (Wildman–Crippen LogP) is 2.35. The molecule has 0 saturated carbocycles. The van der Waals surface area contributed by atoms with E-state index in [1.807, 2.05) is 19.1 Å². The van der Waals surface area contributed by atoms with Crippen LogP contribution in [-0.2, 0) is 0 Å². The standard InChI is InChI=1S/C13H20N4/c1-10(2)9-17(8-4-7-14)13-12(15)6-5-11(3)16-13/h5-6,10H,4,8-9,15H2,1-3H3. The third-order valence-electron chi connectivity index (χ3n) is 2.42. The van der Waals surface area contributed by atoms with Gasteiger partial charge in [0.05, 0.1) is 18.2 Å². The Kier molecular flexibility index (Phi) is 4.77. The minimum absolute atomic E-state index is 0.488. The van der Waals surface area contributed by atoms with Crippen molar-refractivity contribution in [3.05, 3.63) is 17.8 Å². The van der Waals surface area contributed by atoms with Gasteiger partial charge in [0.1, 0.15) is 0 Å². The van der Waals surface area contributed by atoms with E-state index in [0.717, 1.165) is 18.1 Å². The lowest BCUT2D eigenvalue weighted by molar-refractivity contribution is 0.608. The van der Waals surface area contributed by atoms with Gasteiger partial charge in [-0.05, 0) is 25.0 Å². The number of nitrogens with two attached hydrogens (primary N) is 1. The largest absolute Gasteiger partial charge is 0.396 e. The third-order valence-corrected chi connectivity index (χ3v) is 2.42. The SMILES string of the molecule is Cc1ccc(N)c(N(CCC#N)CC(C)C)n1. The highest BCUT2D eigenvalue weighted by molar-refractivity contribution is 5.62. The molecule has 4 nitrogen and oxygen atoms in total. The normalized spacial score (nSPS) is 10.3. The maximum Gasteiger partial charge on any atom is 0.152 e. The minimum atomic E-state index is 0.488. The van der Waals surface area contributed by atoms with Crippen LogP contribution < -0.4 is 10.6 Å². The third kappa shape index (κ3) is 3.95. The van der Waals surface area contributed by atoms with Crippen molar-refractivity contribution in [2.75, 3.05) is 23.7 Å². The first kappa shape index (κ1) is 13.3. The summed E-state index contributed by atoms with van der Waals surface area (Å²) in [6, 6.07) is 5.94. The molecule has 0 radical (unpaired) electrons. The molecule has 4 heteroatoms. The minimum Gasteiger partial charge on any atom is -0.396 e. The number of aryl methyl sites for hydroxylation is 1. The highest BCUT2D eigenvalue weighted by Gasteiger charge is 2.12. The van der Waals surface area contributed by atoms with Gasteiger partial charge in [0.2, 0.25) is 0 Å². The summed E-state index contributed by atoms with van der Waals surface area (Å²) in [4.78, 5) is 6.56. The van der Waals surface area contributed by atoms with E-state index in [-0.39, 0.29) is 0 Å². The fourth-order valence-electron chi connectivity index (χ4n) is 1.72. The molecular weight excluding hydrogens is 212 g/mol. The lowest BCUT2D eigenvalue weighted by Crippen LogP contribution is -2.30. The Bertz CT molecular complexity index is 406. The maximum atomic E-state index is 8.69. The molecule has 0 aliphatic carbocycles. The molecule has 0 unspecified atom stereocenters. The number of pyridine rings is 1. The molecule has 1 heterocycles. The van der Waals surface area contributed by atoms with Crippen molar-refractivity contribution >= 4 is 11.5 Å². The van der Waals surface area contributed by atoms with Gasteiger partial charge in [0.25, 0.3) is 0 Å². The summed E-state index contributed by atoms with van der Waals surface area (Å²) in [5, 5.41) is 8.69. The summed E-state index contributed by atoms with van der Waals surface area (Å²) in [6.07, 6.45) is 0.488. The zero-order valence-corrected chi connectivity index (χ0v) is 10.8. The van der Waals surface area contributed by atoms with Gasteiger partial charge in [-0.2, -0.15) is 5.26 Å². The van der Waals surface area contributed by atoms with Gasteiger partial charge >= 0.3 is 0 Å². The van der Waals surface area contributed by atoms with Gasteiger partial charge in [-0.25, -0.2) is 4.98 Å². The fourth-order valence-corrected chi connectivity index (χ4v) is 1.72. The number of nitrogen functional groups attached to an aromatic ring is 1. The molecule has 0 aromatic carbocycles. The molecule has 2 N–H and O–H groups in total. The molecule has 0 bridgehead atoms. The van der Waals surface area contributed by atoms with E-state index in [4.69, 9.17) is 11.0 Å². The summed E-state index contributed by atoms with van der Waals surface area (Å²) in [7, 11) is 0. The molecule has 0 amide bonds. The van der Waals surface area contributed by atoms with Crippen LogP contribution in [-0.4, -0.2) is 18.1 Å². The maximum absolute atomic E-state index is 8.69. The van der Waals surface area contributed by atoms with Crippen LogP contribution in [0.4, 0.5) is 11.5 Å². The second-order valence-electron chi connectivity index (χ2n) is 4.61. The Labute approximate surface area is 103 Å². The highest BCUT2D eigenvalue weighted by Crippen LogP contribution is 2.21. The van der Waals surface area contributed by atoms with Crippen LogP contribution in [0.3, 0.4) is 0 Å². The average Bonchev–Trinajstić information content (AvgIpc) is 2.27. The molecule has 0 saturated heterocycles. The zero-order valence-electron chi connectivity index (χ0n) is 10.8. The van der Waals surface area contributed by atoms with E-state index < -0.39 is 0 Å². The second kappa shape index (κ2) is 6.09. The summed E-state index contributed by atoms with van der Waals surface area (Å²) >= 11 is 0. The quantitative estimate of drug-likeness (QED) is 0.846. The molecule has 0 fully saturated rings. The molecule has 1 rings (SSSR count).